The standard InChI is InChI=1S/C19H30N4O/c1-19(2)16(12-17(19)24)22-18(20)21-15-8-10-23(11-9-15)13-14-6-4-3-5-7-14/h3-7,15-17,24H,8-13H2,1-2H3,(H3,20,21,22). The van der Waals surface area contributed by atoms with Crippen LogP contribution < -0.4 is 11.1 Å². The molecule has 1 aliphatic carbocycles. The molecule has 0 spiro atoms. The van der Waals surface area contributed by atoms with Crippen LogP contribution >= 0.6 is 0 Å². The average molecular weight is 330 g/mol. The molecule has 2 aliphatic rings. The van der Waals surface area contributed by atoms with Gasteiger partial charge in [0.15, 0.2) is 5.96 Å². The monoisotopic (exact) mass is 330 g/mol. The van der Waals surface area contributed by atoms with E-state index < -0.39 is 0 Å². The molecule has 132 valence electrons. The van der Waals surface area contributed by atoms with Crippen LogP contribution in [-0.4, -0.2) is 47.2 Å². The highest BCUT2D eigenvalue weighted by atomic mass is 16.3. The van der Waals surface area contributed by atoms with Crippen molar-refractivity contribution >= 4 is 5.96 Å². The highest BCUT2D eigenvalue weighted by molar-refractivity contribution is 5.78. The zero-order valence-corrected chi connectivity index (χ0v) is 14.8. The van der Waals surface area contributed by atoms with Crippen molar-refractivity contribution in [2.45, 2.75) is 57.8 Å². The summed E-state index contributed by atoms with van der Waals surface area (Å²) in [6, 6.07) is 11.1. The SMILES string of the molecule is CC1(C)C(O)CC1N=C(N)NC1CCN(Cc2ccccc2)CC1. The zero-order valence-electron chi connectivity index (χ0n) is 14.8. The smallest absolute Gasteiger partial charge is 0.189 e. The molecule has 24 heavy (non-hydrogen) atoms. The number of nitrogens with two attached hydrogens (primary N) is 1. The van der Waals surface area contributed by atoms with Crippen LogP contribution in [0.25, 0.3) is 0 Å². The minimum atomic E-state index is -0.264. The van der Waals surface area contributed by atoms with Crippen molar-refractivity contribution in [2.24, 2.45) is 16.1 Å². The number of hydrogen-bond donors (Lipinski definition) is 3. The molecule has 0 amide bonds. The van der Waals surface area contributed by atoms with Crippen molar-refractivity contribution in [2.75, 3.05) is 13.1 Å². The van der Waals surface area contributed by atoms with Crippen molar-refractivity contribution in [3.05, 3.63) is 35.9 Å². The second kappa shape index (κ2) is 7.11. The maximum atomic E-state index is 9.79. The summed E-state index contributed by atoms with van der Waals surface area (Å²) >= 11 is 0. The number of rotatable bonds is 4. The zero-order chi connectivity index (χ0) is 17.2. The second-order valence-corrected chi connectivity index (χ2v) is 7.78. The minimum Gasteiger partial charge on any atom is -0.392 e. The van der Waals surface area contributed by atoms with Gasteiger partial charge in [0, 0.05) is 31.1 Å². The number of hydrogen-bond acceptors (Lipinski definition) is 3. The Morgan fingerprint density at radius 3 is 2.54 bits per heavy atom. The first-order valence-corrected chi connectivity index (χ1v) is 8.99. The third-order valence-electron chi connectivity index (χ3n) is 5.65. The Hall–Kier alpha value is -1.59. The maximum Gasteiger partial charge on any atom is 0.189 e. The molecule has 2 fully saturated rings. The lowest BCUT2D eigenvalue weighted by Gasteiger charge is -2.47. The molecule has 1 aliphatic heterocycles. The summed E-state index contributed by atoms with van der Waals surface area (Å²) < 4.78 is 0. The molecule has 0 bridgehead atoms. The van der Waals surface area contributed by atoms with Gasteiger partial charge in [0.2, 0.25) is 0 Å². The molecule has 5 nitrogen and oxygen atoms in total. The van der Waals surface area contributed by atoms with Crippen molar-refractivity contribution in [1.82, 2.24) is 10.2 Å². The van der Waals surface area contributed by atoms with Gasteiger partial charge < -0.3 is 16.2 Å². The van der Waals surface area contributed by atoms with Gasteiger partial charge in [-0.05, 0) is 24.8 Å². The van der Waals surface area contributed by atoms with Crippen LogP contribution in [0.2, 0.25) is 0 Å². The fourth-order valence-corrected chi connectivity index (χ4v) is 3.59. The van der Waals surface area contributed by atoms with Gasteiger partial charge in [0.25, 0.3) is 0 Å². The normalized spacial score (nSPS) is 28.4. The van der Waals surface area contributed by atoms with Crippen LogP contribution in [-0.2, 0) is 6.54 Å². The number of aliphatic hydroxyl groups is 1. The van der Waals surface area contributed by atoms with Crippen molar-refractivity contribution < 1.29 is 5.11 Å². The Labute approximate surface area is 145 Å². The molecule has 5 heteroatoms. The van der Waals surface area contributed by atoms with E-state index in [9.17, 15) is 5.11 Å². The molecular weight excluding hydrogens is 300 g/mol. The topological polar surface area (TPSA) is 73.9 Å². The predicted molar refractivity (Wildman–Crippen MR) is 97.7 cm³/mol. The Morgan fingerprint density at radius 1 is 1.29 bits per heavy atom. The molecule has 1 saturated heterocycles. The number of nitrogens with zero attached hydrogens (tertiary/aromatic N) is 2. The van der Waals surface area contributed by atoms with Crippen molar-refractivity contribution in [3.63, 3.8) is 0 Å². The average Bonchev–Trinajstić information content (AvgIpc) is 2.57. The van der Waals surface area contributed by atoms with E-state index in [0.29, 0.717) is 18.4 Å². The Bertz CT molecular complexity index is 564. The van der Waals surface area contributed by atoms with Crippen molar-refractivity contribution in [3.8, 4) is 0 Å². The van der Waals surface area contributed by atoms with E-state index in [4.69, 9.17) is 5.73 Å². The second-order valence-electron chi connectivity index (χ2n) is 7.78. The number of aliphatic imine (C=N–C) groups is 1. The quantitative estimate of drug-likeness (QED) is 0.580. The largest absolute Gasteiger partial charge is 0.392 e. The fourth-order valence-electron chi connectivity index (χ4n) is 3.59. The number of piperidine rings is 1. The first-order chi connectivity index (χ1) is 11.4. The van der Waals surface area contributed by atoms with Crippen LogP contribution in [0, 0.1) is 5.41 Å². The van der Waals surface area contributed by atoms with Gasteiger partial charge in [-0.25, -0.2) is 4.99 Å². The molecule has 0 radical (unpaired) electrons. The number of aliphatic hydroxyl groups excluding tert-OH is 1. The van der Waals surface area contributed by atoms with Gasteiger partial charge in [-0.15, -0.1) is 0 Å². The molecule has 4 N–H and O–H groups in total. The minimum absolute atomic E-state index is 0.123. The van der Waals surface area contributed by atoms with E-state index in [2.05, 4.69) is 45.5 Å². The molecule has 1 aromatic carbocycles. The molecule has 0 aromatic heterocycles. The van der Waals surface area contributed by atoms with E-state index in [-0.39, 0.29) is 17.6 Å². The molecule has 1 heterocycles. The summed E-state index contributed by atoms with van der Waals surface area (Å²) in [5, 5.41) is 13.2. The van der Waals surface area contributed by atoms with Crippen LogP contribution in [0.3, 0.4) is 0 Å². The molecule has 1 aromatic rings. The van der Waals surface area contributed by atoms with Gasteiger partial charge in [-0.1, -0.05) is 44.2 Å². The third-order valence-corrected chi connectivity index (χ3v) is 5.65. The predicted octanol–water partition coefficient (Wildman–Crippen LogP) is 1.71. The fraction of sp³-hybridized carbons (Fsp3) is 0.632. The Morgan fingerprint density at radius 2 is 1.96 bits per heavy atom. The summed E-state index contributed by atoms with van der Waals surface area (Å²) in [5.41, 5.74) is 7.29. The summed E-state index contributed by atoms with van der Waals surface area (Å²) in [6.07, 6.45) is 2.62. The molecular formula is C19H30N4O. The Balaban J connectivity index is 1.44. The highest BCUT2D eigenvalue weighted by Gasteiger charge is 2.47. The highest BCUT2D eigenvalue weighted by Crippen LogP contribution is 2.42. The lowest BCUT2D eigenvalue weighted by Crippen LogP contribution is -2.54. The van der Waals surface area contributed by atoms with Gasteiger partial charge in [0.05, 0.1) is 12.1 Å². The summed E-state index contributed by atoms with van der Waals surface area (Å²) in [5.74, 6) is 0.529. The van der Waals surface area contributed by atoms with Gasteiger partial charge in [-0.3, -0.25) is 4.90 Å². The summed E-state index contributed by atoms with van der Waals surface area (Å²) in [6.45, 7) is 7.27. The summed E-state index contributed by atoms with van der Waals surface area (Å²) in [4.78, 5) is 7.07. The lowest BCUT2D eigenvalue weighted by atomic mass is 9.65. The number of guanidine groups is 1. The van der Waals surface area contributed by atoms with Gasteiger partial charge in [-0.2, -0.15) is 0 Å². The van der Waals surface area contributed by atoms with E-state index in [1.165, 1.54) is 5.56 Å². The number of benzene rings is 1. The first-order valence-electron chi connectivity index (χ1n) is 8.99. The first kappa shape index (κ1) is 17.2. The van der Waals surface area contributed by atoms with E-state index >= 15 is 0 Å². The summed E-state index contributed by atoms with van der Waals surface area (Å²) in [7, 11) is 0. The maximum absolute atomic E-state index is 9.79. The molecule has 2 unspecified atom stereocenters. The molecule has 1 saturated carbocycles. The number of likely N-dealkylation sites (tertiary alicyclic amines) is 1. The molecule has 2 atom stereocenters. The van der Waals surface area contributed by atoms with Crippen LogP contribution in [0.1, 0.15) is 38.7 Å². The van der Waals surface area contributed by atoms with Crippen LogP contribution in [0.5, 0.6) is 0 Å². The van der Waals surface area contributed by atoms with E-state index in [1.54, 1.807) is 0 Å². The van der Waals surface area contributed by atoms with Gasteiger partial charge >= 0.3 is 0 Å². The van der Waals surface area contributed by atoms with Gasteiger partial charge in [0.1, 0.15) is 0 Å². The van der Waals surface area contributed by atoms with Crippen molar-refractivity contribution in [1.29, 1.82) is 0 Å². The third kappa shape index (κ3) is 3.90. The van der Waals surface area contributed by atoms with Crippen LogP contribution in [0.15, 0.2) is 35.3 Å². The van der Waals surface area contributed by atoms with E-state index in [0.717, 1.165) is 32.5 Å². The molecule has 3 rings (SSSR count). The van der Waals surface area contributed by atoms with Crippen LogP contribution in [0.4, 0.5) is 0 Å². The number of nitrogens with one attached hydrogen (secondary N) is 1. The van der Waals surface area contributed by atoms with E-state index in [1.807, 2.05) is 13.8 Å². The Kier molecular flexibility index (Phi) is 5.11. The lowest BCUT2D eigenvalue weighted by molar-refractivity contribution is -0.0577.